The van der Waals surface area contributed by atoms with Crippen molar-refractivity contribution < 1.29 is 13.9 Å². The number of hydrogen-bond acceptors (Lipinski definition) is 5. The quantitative estimate of drug-likeness (QED) is 0.323. The molecule has 3 heterocycles. The van der Waals surface area contributed by atoms with Crippen LogP contribution in [0.25, 0.3) is 0 Å². The van der Waals surface area contributed by atoms with Crippen molar-refractivity contribution in [1.82, 2.24) is 15.1 Å². The van der Waals surface area contributed by atoms with Crippen LogP contribution in [0.4, 0.5) is 0 Å². The highest BCUT2D eigenvalue weighted by Gasteiger charge is 2.30. The minimum absolute atomic E-state index is 0. The molecule has 1 aromatic heterocycles. The Hall–Kier alpha value is -0.840. The number of nitrogens with one attached hydrogen (secondary N) is 1. The second kappa shape index (κ2) is 12.8. The maximum atomic E-state index is 5.52. The summed E-state index contributed by atoms with van der Waals surface area (Å²) >= 11 is 0. The van der Waals surface area contributed by atoms with Crippen LogP contribution >= 0.6 is 24.0 Å². The van der Waals surface area contributed by atoms with Gasteiger partial charge < -0.3 is 24.1 Å². The highest BCUT2D eigenvalue weighted by molar-refractivity contribution is 14.0. The Morgan fingerprint density at radius 1 is 1.31 bits per heavy atom. The number of furan rings is 1. The fraction of sp³-hybridized carbons (Fsp3) is 0.762. The molecule has 2 saturated heterocycles. The van der Waals surface area contributed by atoms with Gasteiger partial charge in [-0.25, -0.2) is 0 Å². The second-order valence-corrected chi connectivity index (χ2v) is 7.98. The zero-order valence-corrected chi connectivity index (χ0v) is 20.3. The molecule has 0 bridgehead atoms. The number of nitrogens with zero attached hydrogens (tertiary/aromatic N) is 3. The van der Waals surface area contributed by atoms with Gasteiger partial charge >= 0.3 is 0 Å². The molecule has 29 heavy (non-hydrogen) atoms. The second-order valence-electron chi connectivity index (χ2n) is 7.98. The normalized spacial score (nSPS) is 25.8. The lowest BCUT2D eigenvalue weighted by Gasteiger charge is -2.45. The predicted octanol–water partition coefficient (Wildman–Crippen LogP) is 2.46. The first-order chi connectivity index (χ1) is 13.7. The summed E-state index contributed by atoms with van der Waals surface area (Å²) in [6, 6.07) is 4.89. The van der Waals surface area contributed by atoms with Crippen LogP contribution in [0.5, 0.6) is 0 Å². The van der Waals surface area contributed by atoms with Crippen LogP contribution in [0.3, 0.4) is 0 Å². The Bertz CT molecular complexity index is 581. The van der Waals surface area contributed by atoms with E-state index in [2.05, 4.69) is 29.0 Å². The monoisotopic (exact) mass is 520 g/mol. The molecule has 3 rings (SSSR count). The van der Waals surface area contributed by atoms with Crippen molar-refractivity contribution in [3.8, 4) is 0 Å². The molecular weight excluding hydrogens is 483 g/mol. The van der Waals surface area contributed by atoms with Crippen LogP contribution in [0.15, 0.2) is 27.8 Å². The van der Waals surface area contributed by atoms with E-state index in [4.69, 9.17) is 18.9 Å². The molecule has 0 spiro atoms. The first kappa shape index (κ1) is 24.4. The average Bonchev–Trinajstić information content (AvgIpc) is 3.37. The molecule has 2 aliphatic rings. The Morgan fingerprint density at radius 2 is 2.10 bits per heavy atom. The van der Waals surface area contributed by atoms with Gasteiger partial charge in [0.05, 0.1) is 19.5 Å². The third kappa shape index (κ3) is 7.41. The minimum atomic E-state index is 0. The van der Waals surface area contributed by atoms with Crippen LogP contribution in [0.2, 0.25) is 0 Å². The molecule has 1 N–H and O–H groups in total. The number of aliphatic imine (C=N–C) groups is 1. The topological polar surface area (TPSA) is 62.5 Å². The van der Waals surface area contributed by atoms with Crippen LogP contribution in [0, 0.1) is 5.92 Å². The minimum Gasteiger partial charge on any atom is -0.469 e. The van der Waals surface area contributed by atoms with E-state index < -0.39 is 0 Å². The van der Waals surface area contributed by atoms with Crippen molar-refractivity contribution >= 4 is 29.9 Å². The highest BCUT2D eigenvalue weighted by Crippen LogP contribution is 2.17. The fourth-order valence-corrected chi connectivity index (χ4v) is 4.13. The fourth-order valence-electron chi connectivity index (χ4n) is 4.13. The molecule has 0 aliphatic carbocycles. The van der Waals surface area contributed by atoms with E-state index >= 15 is 0 Å². The molecule has 8 heteroatoms. The first-order valence-corrected chi connectivity index (χ1v) is 10.6. The maximum Gasteiger partial charge on any atom is 0.194 e. The van der Waals surface area contributed by atoms with Crippen molar-refractivity contribution in [3.63, 3.8) is 0 Å². The number of guanidine groups is 1. The van der Waals surface area contributed by atoms with E-state index in [0.29, 0.717) is 18.0 Å². The van der Waals surface area contributed by atoms with Crippen molar-refractivity contribution in [3.05, 3.63) is 24.2 Å². The molecule has 3 atom stereocenters. The van der Waals surface area contributed by atoms with Gasteiger partial charge in [-0.3, -0.25) is 9.89 Å². The van der Waals surface area contributed by atoms with Gasteiger partial charge in [0.1, 0.15) is 5.76 Å². The van der Waals surface area contributed by atoms with Crippen LogP contribution in [-0.2, 0) is 15.9 Å². The van der Waals surface area contributed by atoms with Gasteiger partial charge in [0.25, 0.3) is 0 Å². The summed E-state index contributed by atoms with van der Waals surface area (Å²) < 4.78 is 16.3. The summed E-state index contributed by atoms with van der Waals surface area (Å²) in [5.74, 6) is 2.56. The molecule has 2 aliphatic heterocycles. The molecule has 0 amide bonds. The number of piperazine rings is 1. The molecule has 0 radical (unpaired) electrons. The van der Waals surface area contributed by atoms with Crippen molar-refractivity contribution in [1.29, 1.82) is 0 Å². The largest absolute Gasteiger partial charge is 0.469 e. The molecule has 166 valence electrons. The number of ether oxygens (including phenoxy) is 2. The molecule has 2 fully saturated rings. The lowest BCUT2D eigenvalue weighted by molar-refractivity contribution is 0.0443. The maximum absolute atomic E-state index is 5.52. The summed E-state index contributed by atoms with van der Waals surface area (Å²) in [6.07, 6.45) is 3.70. The standard InChI is InChI=1S/C21H36N4O3.HI/c1-17-14-24(15-18(2)25(17)9-12-26-3)21(23-13-19-7-11-27-16-19)22-8-6-20-5-4-10-28-20;/h4-5,10,17-19H,6-9,11-16H2,1-3H3,(H,22,23);1H. The Balaban J connectivity index is 0.00000300. The van der Waals surface area contributed by atoms with Gasteiger partial charge in [-0.05, 0) is 32.4 Å². The Morgan fingerprint density at radius 3 is 2.72 bits per heavy atom. The van der Waals surface area contributed by atoms with Crippen LogP contribution in [0.1, 0.15) is 26.0 Å². The summed E-state index contributed by atoms with van der Waals surface area (Å²) in [5.41, 5.74) is 0. The zero-order chi connectivity index (χ0) is 19.8. The van der Waals surface area contributed by atoms with E-state index in [0.717, 1.165) is 77.1 Å². The van der Waals surface area contributed by atoms with Crippen molar-refractivity contribution in [2.45, 2.75) is 38.8 Å². The summed E-state index contributed by atoms with van der Waals surface area (Å²) in [6.45, 7) is 11.6. The van der Waals surface area contributed by atoms with Gasteiger partial charge in [-0.1, -0.05) is 0 Å². The lowest BCUT2D eigenvalue weighted by Crippen LogP contribution is -2.60. The van der Waals surface area contributed by atoms with Gasteiger partial charge in [0.15, 0.2) is 5.96 Å². The average molecular weight is 520 g/mol. The van der Waals surface area contributed by atoms with E-state index in [1.807, 2.05) is 12.1 Å². The molecular formula is C21H37IN4O3. The first-order valence-electron chi connectivity index (χ1n) is 10.6. The van der Waals surface area contributed by atoms with Gasteiger partial charge in [0, 0.05) is 70.9 Å². The zero-order valence-electron chi connectivity index (χ0n) is 18.0. The number of halogens is 1. The number of hydrogen-bond donors (Lipinski definition) is 1. The molecule has 3 unspecified atom stereocenters. The third-order valence-electron chi connectivity index (χ3n) is 5.71. The van der Waals surface area contributed by atoms with E-state index in [1.165, 1.54) is 0 Å². The predicted molar refractivity (Wildman–Crippen MR) is 126 cm³/mol. The van der Waals surface area contributed by atoms with Crippen LogP contribution in [-0.4, -0.2) is 87.5 Å². The van der Waals surface area contributed by atoms with E-state index in [1.54, 1.807) is 13.4 Å². The van der Waals surface area contributed by atoms with Gasteiger partial charge in [-0.15, -0.1) is 24.0 Å². The summed E-state index contributed by atoms with van der Waals surface area (Å²) in [7, 11) is 1.77. The van der Waals surface area contributed by atoms with Crippen molar-refractivity contribution in [2.24, 2.45) is 10.9 Å². The summed E-state index contributed by atoms with van der Waals surface area (Å²) in [5, 5.41) is 3.58. The van der Waals surface area contributed by atoms with E-state index in [9.17, 15) is 0 Å². The Kier molecular flexibility index (Phi) is 10.8. The highest BCUT2D eigenvalue weighted by atomic mass is 127. The molecule has 1 aromatic rings. The number of methoxy groups -OCH3 is 1. The smallest absolute Gasteiger partial charge is 0.194 e. The van der Waals surface area contributed by atoms with Gasteiger partial charge in [-0.2, -0.15) is 0 Å². The third-order valence-corrected chi connectivity index (χ3v) is 5.71. The Labute approximate surface area is 192 Å². The van der Waals surface area contributed by atoms with Gasteiger partial charge in [0.2, 0.25) is 0 Å². The summed E-state index contributed by atoms with van der Waals surface area (Å²) in [4.78, 5) is 9.93. The molecule has 0 aromatic carbocycles. The molecule has 0 saturated carbocycles. The van der Waals surface area contributed by atoms with Crippen molar-refractivity contribution in [2.75, 3.05) is 59.7 Å². The number of rotatable bonds is 8. The SMILES string of the molecule is COCCN1C(C)CN(C(=NCC2CCOC2)NCCc2ccco2)CC1C.I. The molecule has 7 nitrogen and oxygen atoms in total. The lowest BCUT2D eigenvalue weighted by atomic mass is 10.1. The van der Waals surface area contributed by atoms with E-state index in [-0.39, 0.29) is 24.0 Å². The van der Waals surface area contributed by atoms with Crippen LogP contribution < -0.4 is 5.32 Å².